The largest absolute Gasteiger partial charge is 0.490 e. The SMILES string of the molecule is CCCCCCCCCCCCCCOc1ccc(C(=O)NC2CCCC2)cc1OCCCCCCCCCCCCCC. The topological polar surface area (TPSA) is 47.6 Å². The molecule has 1 N–H and O–H groups in total. The third-order valence-electron chi connectivity index (χ3n) is 9.41. The molecule has 0 atom stereocenters. The Labute approximate surface area is 273 Å². The van der Waals surface area contributed by atoms with Gasteiger partial charge in [0, 0.05) is 11.6 Å². The average Bonchev–Trinajstić information content (AvgIpc) is 3.55. The first-order valence-electron chi connectivity index (χ1n) is 19.4. The average molecular weight is 614 g/mol. The summed E-state index contributed by atoms with van der Waals surface area (Å²) >= 11 is 0. The lowest BCUT2D eigenvalue weighted by atomic mass is 10.1. The van der Waals surface area contributed by atoms with Gasteiger partial charge in [-0.15, -0.1) is 0 Å². The number of carbonyl (C=O) groups is 1. The van der Waals surface area contributed by atoms with Crippen molar-refractivity contribution in [2.75, 3.05) is 13.2 Å². The van der Waals surface area contributed by atoms with E-state index in [4.69, 9.17) is 9.47 Å². The van der Waals surface area contributed by atoms with Crippen LogP contribution in [0.15, 0.2) is 18.2 Å². The Balaban J connectivity index is 1.65. The monoisotopic (exact) mass is 614 g/mol. The van der Waals surface area contributed by atoms with Gasteiger partial charge < -0.3 is 14.8 Å². The fourth-order valence-electron chi connectivity index (χ4n) is 6.47. The summed E-state index contributed by atoms with van der Waals surface area (Å²) in [7, 11) is 0. The second kappa shape index (κ2) is 27.6. The fraction of sp³-hybridized carbons (Fsp3) is 0.825. The van der Waals surface area contributed by atoms with Crippen LogP contribution < -0.4 is 14.8 Å². The van der Waals surface area contributed by atoms with E-state index in [-0.39, 0.29) is 5.91 Å². The molecule has 4 nitrogen and oxygen atoms in total. The molecule has 0 aromatic heterocycles. The smallest absolute Gasteiger partial charge is 0.251 e. The number of hydrogen-bond acceptors (Lipinski definition) is 3. The molecule has 0 unspecified atom stereocenters. The molecule has 0 bridgehead atoms. The Bertz CT molecular complexity index is 804. The first-order valence-corrected chi connectivity index (χ1v) is 19.4. The number of hydrogen-bond donors (Lipinski definition) is 1. The predicted octanol–water partition coefficient (Wildman–Crippen LogP) is 12.5. The summed E-state index contributed by atoms with van der Waals surface area (Å²) in [6.07, 6.45) is 36.7. The molecule has 0 heterocycles. The highest BCUT2D eigenvalue weighted by molar-refractivity contribution is 5.95. The lowest BCUT2D eigenvalue weighted by molar-refractivity contribution is 0.0937. The number of ether oxygens (including phenoxy) is 2. The van der Waals surface area contributed by atoms with Crippen LogP contribution in [-0.4, -0.2) is 25.2 Å². The number of carbonyl (C=O) groups excluding carboxylic acids is 1. The second-order valence-corrected chi connectivity index (χ2v) is 13.6. The standard InChI is InChI=1S/C40H71NO3/c1-3-5-7-9-11-13-15-17-19-21-23-27-33-43-38-32-31-36(40(42)41-37-29-25-26-30-37)35-39(38)44-34-28-24-22-20-18-16-14-12-10-8-6-4-2/h31-32,35,37H,3-30,33-34H2,1-2H3,(H,41,42). The van der Waals surface area contributed by atoms with Crippen molar-refractivity contribution >= 4 is 5.91 Å². The van der Waals surface area contributed by atoms with Gasteiger partial charge in [-0.2, -0.15) is 0 Å². The van der Waals surface area contributed by atoms with Gasteiger partial charge in [0.2, 0.25) is 0 Å². The predicted molar refractivity (Wildman–Crippen MR) is 189 cm³/mol. The van der Waals surface area contributed by atoms with Crippen molar-refractivity contribution < 1.29 is 14.3 Å². The summed E-state index contributed by atoms with van der Waals surface area (Å²) in [6, 6.07) is 6.07. The fourth-order valence-corrected chi connectivity index (χ4v) is 6.47. The Morgan fingerprint density at radius 1 is 0.568 bits per heavy atom. The number of nitrogens with one attached hydrogen (secondary N) is 1. The molecule has 1 aromatic carbocycles. The lowest BCUT2D eigenvalue weighted by Crippen LogP contribution is -2.32. The van der Waals surface area contributed by atoms with Crippen LogP contribution in [-0.2, 0) is 0 Å². The van der Waals surface area contributed by atoms with Crippen molar-refractivity contribution in [2.45, 2.75) is 200 Å². The molecular weight excluding hydrogens is 542 g/mol. The van der Waals surface area contributed by atoms with Crippen LogP contribution in [0.4, 0.5) is 0 Å². The van der Waals surface area contributed by atoms with Gasteiger partial charge >= 0.3 is 0 Å². The lowest BCUT2D eigenvalue weighted by Gasteiger charge is -2.16. The molecular formula is C40H71NO3. The normalized spacial score (nSPS) is 13.4. The number of rotatable bonds is 30. The van der Waals surface area contributed by atoms with Crippen molar-refractivity contribution in [3.8, 4) is 11.5 Å². The molecule has 1 aromatic rings. The van der Waals surface area contributed by atoms with Crippen LogP contribution in [0.1, 0.15) is 204 Å². The Hall–Kier alpha value is -1.71. The van der Waals surface area contributed by atoms with Crippen molar-refractivity contribution in [1.29, 1.82) is 0 Å². The van der Waals surface area contributed by atoms with E-state index in [0.29, 0.717) is 24.8 Å². The molecule has 0 spiro atoms. The van der Waals surface area contributed by atoms with Gasteiger partial charge in [-0.25, -0.2) is 0 Å². The highest BCUT2D eigenvalue weighted by Crippen LogP contribution is 2.30. The van der Waals surface area contributed by atoms with Crippen LogP contribution >= 0.6 is 0 Å². The summed E-state index contributed by atoms with van der Waals surface area (Å²) in [4.78, 5) is 12.9. The molecule has 2 rings (SSSR count). The van der Waals surface area contributed by atoms with Crippen LogP contribution in [0.3, 0.4) is 0 Å². The maximum absolute atomic E-state index is 12.9. The van der Waals surface area contributed by atoms with E-state index in [2.05, 4.69) is 19.2 Å². The molecule has 1 fully saturated rings. The van der Waals surface area contributed by atoms with Gasteiger partial charge in [0.25, 0.3) is 5.91 Å². The van der Waals surface area contributed by atoms with Crippen LogP contribution in [0.25, 0.3) is 0 Å². The van der Waals surface area contributed by atoms with E-state index < -0.39 is 0 Å². The molecule has 1 saturated carbocycles. The molecule has 0 radical (unpaired) electrons. The zero-order chi connectivity index (χ0) is 31.3. The van der Waals surface area contributed by atoms with Gasteiger partial charge in [0.1, 0.15) is 0 Å². The molecule has 44 heavy (non-hydrogen) atoms. The first-order chi connectivity index (χ1) is 21.7. The van der Waals surface area contributed by atoms with E-state index in [1.54, 1.807) is 0 Å². The van der Waals surface area contributed by atoms with Crippen molar-refractivity contribution in [2.24, 2.45) is 0 Å². The van der Waals surface area contributed by atoms with E-state index in [9.17, 15) is 4.79 Å². The quantitative estimate of drug-likeness (QED) is 0.0878. The minimum absolute atomic E-state index is 0.0135. The minimum atomic E-state index is 0.0135. The van der Waals surface area contributed by atoms with Crippen LogP contribution in [0.5, 0.6) is 11.5 Å². The first kappa shape index (κ1) is 38.5. The summed E-state index contributed by atoms with van der Waals surface area (Å²) in [6.45, 7) is 5.96. The highest BCUT2D eigenvalue weighted by atomic mass is 16.5. The number of unbranched alkanes of at least 4 members (excludes halogenated alkanes) is 22. The van der Waals surface area contributed by atoms with E-state index in [1.807, 2.05) is 18.2 Å². The molecule has 1 amide bonds. The number of amides is 1. The molecule has 4 heteroatoms. The Morgan fingerprint density at radius 2 is 0.955 bits per heavy atom. The molecule has 254 valence electrons. The molecule has 0 aliphatic heterocycles. The van der Waals surface area contributed by atoms with Crippen LogP contribution in [0.2, 0.25) is 0 Å². The molecule has 1 aliphatic carbocycles. The molecule has 1 aliphatic rings. The zero-order valence-corrected chi connectivity index (χ0v) is 29.2. The van der Waals surface area contributed by atoms with Gasteiger partial charge in [-0.3, -0.25) is 4.79 Å². The van der Waals surface area contributed by atoms with Gasteiger partial charge in [-0.1, -0.05) is 168 Å². The van der Waals surface area contributed by atoms with Gasteiger partial charge in [0.05, 0.1) is 13.2 Å². The van der Waals surface area contributed by atoms with Gasteiger partial charge in [-0.05, 0) is 43.9 Å². The van der Waals surface area contributed by atoms with Gasteiger partial charge in [0.15, 0.2) is 11.5 Å². The maximum atomic E-state index is 12.9. The van der Waals surface area contributed by atoms with Crippen molar-refractivity contribution in [1.82, 2.24) is 5.32 Å². The molecule has 0 saturated heterocycles. The summed E-state index contributed by atoms with van der Waals surface area (Å²) < 4.78 is 12.5. The summed E-state index contributed by atoms with van der Waals surface area (Å²) in [5.41, 5.74) is 0.680. The van der Waals surface area contributed by atoms with Crippen LogP contribution in [0, 0.1) is 0 Å². The zero-order valence-electron chi connectivity index (χ0n) is 29.2. The summed E-state index contributed by atoms with van der Waals surface area (Å²) in [5.74, 6) is 1.52. The maximum Gasteiger partial charge on any atom is 0.251 e. The third kappa shape index (κ3) is 19.6. The van der Waals surface area contributed by atoms with Crippen molar-refractivity contribution in [3.63, 3.8) is 0 Å². The second-order valence-electron chi connectivity index (χ2n) is 13.6. The van der Waals surface area contributed by atoms with E-state index in [1.165, 1.54) is 154 Å². The highest BCUT2D eigenvalue weighted by Gasteiger charge is 2.19. The van der Waals surface area contributed by atoms with Crippen molar-refractivity contribution in [3.05, 3.63) is 23.8 Å². The third-order valence-corrected chi connectivity index (χ3v) is 9.41. The summed E-state index contributed by atoms with van der Waals surface area (Å²) in [5, 5.41) is 3.22. The Kier molecular flexibility index (Phi) is 24.1. The Morgan fingerprint density at radius 3 is 1.39 bits per heavy atom. The van der Waals surface area contributed by atoms with E-state index in [0.717, 1.165) is 37.2 Å². The van der Waals surface area contributed by atoms with E-state index >= 15 is 0 Å². The minimum Gasteiger partial charge on any atom is -0.490 e. The number of benzene rings is 1.